The molecule has 2 aromatic carbocycles. The van der Waals surface area contributed by atoms with Gasteiger partial charge in [0.15, 0.2) is 11.5 Å². The molecule has 1 fully saturated rings. The Kier molecular flexibility index (Phi) is 5.74. The van der Waals surface area contributed by atoms with Crippen molar-refractivity contribution in [3.63, 3.8) is 0 Å². The largest absolute Gasteiger partial charge is 0.496 e. The van der Waals surface area contributed by atoms with Crippen LogP contribution in [0.4, 0.5) is 10.5 Å². The second kappa shape index (κ2) is 8.24. The number of nitrogens with zero attached hydrogens (tertiary/aromatic N) is 1. The highest BCUT2D eigenvalue weighted by molar-refractivity contribution is 6.39. The maximum atomic E-state index is 13.0. The van der Waals surface area contributed by atoms with Gasteiger partial charge in [0.05, 0.1) is 27.0 Å². The van der Waals surface area contributed by atoms with Crippen LogP contribution in [-0.2, 0) is 9.59 Å². The third-order valence-corrected chi connectivity index (χ3v) is 4.47. The van der Waals surface area contributed by atoms with Gasteiger partial charge in [0.1, 0.15) is 11.3 Å². The summed E-state index contributed by atoms with van der Waals surface area (Å²) < 4.78 is 15.8. The van der Waals surface area contributed by atoms with E-state index in [1.54, 1.807) is 12.1 Å². The summed E-state index contributed by atoms with van der Waals surface area (Å²) in [6, 6.07) is 8.36. The smallest absolute Gasteiger partial charge is 0.335 e. The van der Waals surface area contributed by atoms with Crippen LogP contribution in [0.5, 0.6) is 17.2 Å². The quantitative estimate of drug-likeness (QED) is 0.594. The fraction of sp³-hybridized carbons (Fsp3) is 0.150. The van der Waals surface area contributed by atoms with Crippen molar-refractivity contribution in [3.05, 3.63) is 52.6 Å². The number of halogens is 1. The molecule has 9 heteroatoms. The zero-order valence-electron chi connectivity index (χ0n) is 15.8. The molecule has 29 heavy (non-hydrogen) atoms. The number of nitrogens with one attached hydrogen (secondary N) is 1. The lowest BCUT2D eigenvalue weighted by molar-refractivity contribution is -0.122. The van der Waals surface area contributed by atoms with Crippen LogP contribution in [-0.4, -0.2) is 39.2 Å². The van der Waals surface area contributed by atoms with Crippen LogP contribution < -0.4 is 24.4 Å². The van der Waals surface area contributed by atoms with E-state index in [2.05, 4.69) is 5.32 Å². The summed E-state index contributed by atoms with van der Waals surface area (Å²) in [5.41, 5.74) is 0.425. The Balaban J connectivity index is 2.08. The average Bonchev–Trinajstić information content (AvgIpc) is 2.71. The number of hydrogen-bond acceptors (Lipinski definition) is 6. The molecule has 3 rings (SSSR count). The minimum atomic E-state index is -0.848. The molecule has 1 aliphatic rings. The highest BCUT2D eigenvalue weighted by Gasteiger charge is 2.37. The molecule has 1 saturated heterocycles. The highest BCUT2D eigenvalue weighted by atomic mass is 35.5. The van der Waals surface area contributed by atoms with Gasteiger partial charge in [-0.2, -0.15) is 0 Å². The summed E-state index contributed by atoms with van der Waals surface area (Å²) >= 11 is 5.86. The van der Waals surface area contributed by atoms with E-state index in [9.17, 15) is 14.4 Å². The molecule has 0 radical (unpaired) electrons. The van der Waals surface area contributed by atoms with Crippen LogP contribution in [0.25, 0.3) is 6.08 Å². The number of hydrogen-bond donors (Lipinski definition) is 1. The summed E-state index contributed by atoms with van der Waals surface area (Å²) in [7, 11) is 4.37. The zero-order chi connectivity index (χ0) is 21.1. The van der Waals surface area contributed by atoms with Crippen LogP contribution in [0.1, 0.15) is 5.56 Å². The molecule has 1 aliphatic heterocycles. The second-order valence-corrected chi connectivity index (χ2v) is 6.32. The van der Waals surface area contributed by atoms with Gasteiger partial charge in [-0.15, -0.1) is 0 Å². The monoisotopic (exact) mass is 416 g/mol. The minimum absolute atomic E-state index is 0.245. The lowest BCUT2D eigenvalue weighted by atomic mass is 10.1. The predicted molar refractivity (Wildman–Crippen MR) is 107 cm³/mol. The third-order valence-electron chi connectivity index (χ3n) is 4.22. The zero-order valence-corrected chi connectivity index (χ0v) is 16.6. The molecular formula is C20H17ClN2O6. The average molecular weight is 417 g/mol. The molecule has 1 N–H and O–H groups in total. The van der Waals surface area contributed by atoms with Crippen molar-refractivity contribution in [2.45, 2.75) is 0 Å². The van der Waals surface area contributed by atoms with Gasteiger partial charge in [0, 0.05) is 16.7 Å². The SMILES string of the molecule is COc1cc(OC)c(OC)cc1/C=C1/C(=O)NC(=O)N(c2ccc(Cl)cc2)C1=O. The summed E-state index contributed by atoms with van der Waals surface area (Å²) in [5, 5.41) is 2.61. The maximum absolute atomic E-state index is 13.0. The molecular weight excluding hydrogens is 400 g/mol. The number of amides is 4. The molecule has 2 aromatic rings. The summed E-state index contributed by atoms with van der Waals surface area (Å²) in [6.07, 6.45) is 1.33. The normalized spacial score (nSPS) is 15.4. The Morgan fingerprint density at radius 3 is 2.07 bits per heavy atom. The van der Waals surface area contributed by atoms with Crippen LogP contribution in [0, 0.1) is 0 Å². The van der Waals surface area contributed by atoms with E-state index in [0.717, 1.165) is 4.90 Å². The maximum Gasteiger partial charge on any atom is 0.335 e. The first kappa shape index (κ1) is 20.2. The van der Waals surface area contributed by atoms with Crippen molar-refractivity contribution >= 4 is 41.2 Å². The molecule has 0 unspecified atom stereocenters. The summed E-state index contributed by atoms with van der Waals surface area (Å²) in [5.74, 6) is -0.441. The Bertz CT molecular complexity index is 1020. The van der Waals surface area contributed by atoms with Gasteiger partial charge in [0.25, 0.3) is 11.8 Å². The number of ether oxygens (including phenoxy) is 3. The van der Waals surface area contributed by atoms with Crippen molar-refractivity contribution in [2.75, 3.05) is 26.2 Å². The fourth-order valence-electron chi connectivity index (χ4n) is 2.80. The van der Waals surface area contributed by atoms with E-state index in [0.29, 0.717) is 27.8 Å². The molecule has 1 heterocycles. The number of benzene rings is 2. The number of methoxy groups -OCH3 is 3. The van der Waals surface area contributed by atoms with Gasteiger partial charge >= 0.3 is 6.03 Å². The third kappa shape index (κ3) is 3.88. The van der Waals surface area contributed by atoms with Crippen molar-refractivity contribution in [1.29, 1.82) is 0 Å². The number of barbiturate groups is 1. The molecule has 0 atom stereocenters. The lowest BCUT2D eigenvalue weighted by Gasteiger charge is -2.26. The molecule has 4 amide bonds. The van der Waals surface area contributed by atoms with Crippen LogP contribution in [0.3, 0.4) is 0 Å². The molecule has 0 bridgehead atoms. The molecule has 0 aliphatic carbocycles. The first-order valence-corrected chi connectivity index (χ1v) is 8.74. The van der Waals surface area contributed by atoms with Crippen LogP contribution in [0.15, 0.2) is 42.0 Å². The van der Waals surface area contributed by atoms with E-state index >= 15 is 0 Å². The van der Waals surface area contributed by atoms with Gasteiger partial charge in [-0.25, -0.2) is 9.69 Å². The summed E-state index contributed by atoms with van der Waals surface area (Å²) in [6.45, 7) is 0. The minimum Gasteiger partial charge on any atom is -0.496 e. The number of carbonyl (C=O) groups is 3. The Hall–Kier alpha value is -3.52. The van der Waals surface area contributed by atoms with Gasteiger partial charge < -0.3 is 14.2 Å². The first-order valence-electron chi connectivity index (χ1n) is 8.36. The van der Waals surface area contributed by atoms with Gasteiger partial charge in [-0.1, -0.05) is 11.6 Å². The molecule has 0 saturated carbocycles. The fourth-order valence-corrected chi connectivity index (χ4v) is 2.93. The van der Waals surface area contributed by atoms with E-state index < -0.39 is 17.8 Å². The van der Waals surface area contributed by atoms with E-state index in [1.165, 1.54) is 51.7 Å². The van der Waals surface area contributed by atoms with Crippen molar-refractivity contribution in [2.24, 2.45) is 0 Å². The Morgan fingerprint density at radius 1 is 0.897 bits per heavy atom. The topological polar surface area (TPSA) is 94.2 Å². The predicted octanol–water partition coefficient (Wildman–Crippen LogP) is 3.03. The van der Waals surface area contributed by atoms with Crippen molar-refractivity contribution < 1.29 is 28.6 Å². The van der Waals surface area contributed by atoms with Gasteiger partial charge in [0.2, 0.25) is 0 Å². The molecule has 150 valence electrons. The number of rotatable bonds is 5. The number of carbonyl (C=O) groups excluding carboxylic acids is 3. The number of urea groups is 1. The number of anilines is 1. The Morgan fingerprint density at radius 2 is 1.48 bits per heavy atom. The van der Waals surface area contributed by atoms with Gasteiger partial charge in [-0.05, 0) is 36.4 Å². The van der Waals surface area contributed by atoms with Crippen molar-refractivity contribution in [1.82, 2.24) is 5.32 Å². The first-order chi connectivity index (χ1) is 13.9. The van der Waals surface area contributed by atoms with Crippen molar-refractivity contribution in [3.8, 4) is 17.2 Å². The molecule has 0 aromatic heterocycles. The Labute approximate surface area is 171 Å². The van der Waals surface area contributed by atoms with E-state index in [4.69, 9.17) is 25.8 Å². The highest BCUT2D eigenvalue weighted by Crippen LogP contribution is 2.36. The van der Waals surface area contributed by atoms with Gasteiger partial charge in [-0.3, -0.25) is 14.9 Å². The molecule has 0 spiro atoms. The van der Waals surface area contributed by atoms with Crippen LogP contribution >= 0.6 is 11.6 Å². The summed E-state index contributed by atoms with van der Waals surface area (Å²) in [4.78, 5) is 38.4. The van der Waals surface area contributed by atoms with Crippen LogP contribution in [0.2, 0.25) is 5.02 Å². The van der Waals surface area contributed by atoms with E-state index in [-0.39, 0.29) is 11.3 Å². The molecule has 8 nitrogen and oxygen atoms in total. The second-order valence-electron chi connectivity index (χ2n) is 5.88. The van der Waals surface area contributed by atoms with E-state index in [1.807, 2.05) is 0 Å². The standard InChI is InChI=1S/C20H17ClN2O6/c1-27-15-10-17(29-3)16(28-2)9-11(15)8-14-18(24)22-20(26)23(19(14)25)13-6-4-12(21)5-7-13/h4-10H,1-3H3,(H,22,24,26)/b14-8-. The lowest BCUT2D eigenvalue weighted by Crippen LogP contribution is -2.54. The number of imide groups is 2.